The van der Waals surface area contributed by atoms with Crippen molar-refractivity contribution in [2.24, 2.45) is 5.92 Å². The molecule has 5 rings (SSSR count). The largest absolute Gasteiger partial charge is 0.378 e. The zero-order valence-corrected chi connectivity index (χ0v) is 20.0. The molecular weight excluding hydrogens is 477 g/mol. The second-order valence-corrected chi connectivity index (χ2v) is 9.35. The van der Waals surface area contributed by atoms with Crippen molar-refractivity contribution in [1.29, 1.82) is 0 Å². The van der Waals surface area contributed by atoms with E-state index in [-0.39, 0.29) is 17.9 Å². The molecular formula is C23H25Cl2N7O2. The molecule has 0 bridgehead atoms. The molecule has 2 aromatic heterocycles. The Morgan fingerprint density at radius 3 is 2.59 bits per heavy atom. The van der Waals surface area contributed by atoms with Crippen LogP contribution in [0.2, 0.25) is 10.0 Å². The molecule has 11 heteroatoms. The van der Waals surface area contributed by atoms with Gasteiger partial charge in [0.05, 0.1) is 29.5 Å². The van der Waals surface area contributed by atoms with Crippen molar-refractivity contribution < 1.29 is 9.53 Å². The molecule has 1 amide bonds. The fourth-order valence-electron chi connectivity index (χ4n) is 4.43. The maximum Gasteiger partial charge on any atom is 0.225 e. The Labute approximate surface area is 207 Å². The normalized spacial score (nSPS) is 20.8. The molecule has 2 fully saturated rings. The van der Waals surface area contributed by atoms with E-state index in [4.69, 9.17) is 27.9 Å². The van der Waals surface area contributed by atoms with Crippen LogP contribution in [0.1, 0.15) is 25.7 Å². The Morgan fingerprint density at radius 1 is 1.03 bits per heavy atom. The molecule has 3 aromatic rings. The molecule has 0 unspecified atom stereocenters. The average Bonchev–Trinajstić information content (AvgIpc) is 2.87. The molecule has 2 N–H and O–H groups in total. The number of carbonyl (C=O) groups is 1. The first kappa shape index (κ1) is 23.0. The molecule has 1 aliphatic heterocycles. The van der Waals surface area contributed by atoms with Gasteiger partial charge < -0.3 is 20.3 Å². The number of rotatable bonds is 5. The first-order chi connectivity index (χ1) is 16.6. The van der Waals surface area contributed by atoms with Crippen molar-refractivity contribution in [2.45, 2.75) is 31.7 Å². The van der Waals surface area contributed by atoms with E-state index >= 15 is 0 Å². The SMILES string of the molecule is O=C(C1CCC(Nc2ncc3ncnc(Nc4ccc(Cl)c(Cl)c4)c3n2)CC1)N1CCOCC1. The molecule has 0 spiro atoms. The number of aromatic nitrogens is 4. The van der Waals surface area contributed by atoms with Crippen molar-refractivity contribution in [1.82, 2.24) is 24.8 Å². The number of amides is 1. The summed E-state index contributed by atoms with van der Waals surface area (Å²) in [5, 5.41) is 7.59. The van der Waals surface area contributed by atoms with Crippen LogP contribution in [0.25, 0.3) is 11.0 Å². The highest BCUT2D eigenvalue weighted by molar-refractivity contribution is 6.42. The van der Waals surface area contributed by atoms with Gasteiger partial charge in [0.25, 0.3) is 0 Å². The van der Waals surface area contributed by atoms with Crippen molar-refractivity contribution in [3.63, 3.8) is 0 Å². The van der Waals surface area contributed by atoms with Crippen LogP contribution in [-0.2, 0) is 9.53 Å². The second kappa shape index (κ2) is 10.2. The quantitative estimate of drug-likeness (QED) is 0.532. The standard InChI is InChI=1S/C23H25Cl2N7O2/c24-17-6-5-16(11-18(17)25)29-21-20-19(27-13-28-21)12-26-23(31-20)30-15-3-1-14(2-4-15)22(33)32-7-9-34-10-8-32/h5-6,11-15H,1-4,7-10H2,(H,26,30,31)(H,27,28,29). The summed E-state index contributed by atoms with van der Waals surface area (Å²) in [6, 6.07) is 5.48. The maximum atomic E-state index is 12.8. The number of ether oxygens (including phenoxy) is 1. The van der Waals surface area contributed by atoms with Gasteiger partial charge in [0.15, 0.2) is 5.82 Å². The number of fused-ring (bicyclic) bond motifs is 1. The molecule has 0 atom stereocenters. The summed E-state index contributed by atoms with van der Waals surface area (Å²) in [7, 11) is 0. The molecule has 1 saturated carbocycles. The van der Waals surface area contributed by atoms with E-state index in [0.717, 1.165) is 31.4 Å². The third kappa shape index (κ3) is 5.16. The summed E-state index contributed by atoms with van der Waals surface area (Å²) in [5.41, 5.74) is 1.97. The van der Waals surface area contributed by atoms with E-state index in [0.29, 0.717) is 59.1 Å². The lowest BCUT2D eigenvalue weighted by Gasteiger charge is -2.34. The van der Waals surface area contributed by atoms with E-state index in [2.05, 4.69) is 30.6 Å². The number of hydrogen-bond acceptors (Lipinski definition) is 8. The van der Waals surface area contributed by atoms with Crippen LogP contribution in [0.15, 0.2) is 30.7 Å². The number of carbonyl (C=O) groups excluding carboxylic acids is 1. The van der Waals surface area contributed by atoms with Gasteiger partial charge in [0, 0.05) is 30.7 Å². The Kier molecular flexibility index (Phi) is 6.94. The number of nitrogens with one attached hydrogen (secondary N) is 2. The Bertz CT molecular complexity index is 1180. The van der Waals surface area contributed by atoms with Crippen LogP contribution >= 0.6 is 23.2 Å². The minimum absolute atomic E-state index is 0.0871. The number of halogens is 2. The van der Waals surface area contributed by atoms with Crippen molar-refractivity contribution in [3.05, 3.63) is 40.8 Å². The van der Waals surface area contributed by atoms with Gasteiger partial charge in [0.2, 0.25) is 11.9 Å². The fraction of sp³-hybridized carbons (Fsp3) is 0.435. The number of benzene rings is 1. The summed E-state index contributed by atoms with van der Waals surface area (Å²) >= 11 is 12.2. The Morgan fingerprint density at radius 2 is 1.82 bits per heavy atom. The lowest BCUT2D eigenvalue weighted by Crippen LogP contribution is -2.45. The zero-order chi connectivity index (χ0) is 23.5. The highest BCUT2D eigenvalue weighted by Gasteiger charge is 2.30. The van der Waals surface area contributed by atoms with Gasteiger partial charge in [-0.3, -0.25) is 4.79 Å². The van der Waals surface area contributed by atoms with Crippen LogP contribution in [-0.4, -0.2) is 63.1 Å². The summed E-state index contributed by atoms with van der Waals surface area (Å²) < 4.78 is 5.36. The first-order valence-electron chi connectivity index (χ1n) is 11.4. The van der Waals surface area contributed by atoms with Crippen LogP contribution in [0.3, 0.4) is 0 Å². The molecule has 178 valence electrons. The fourth-order valence-corrected chi connectivity index (χ4v) is 4.73. The second-order valence-electron chi connectivity index (χ2n) is 8.53. The van der Waals surface area contributed by atoms with Crippen LogP contribution in [0.5, 0.6) is 0 Å². The van der Waals surface area contributed by atoms with Crippen LogP contribution < -0.4 is 10.6 Å². The highest BCUT2D eigenvalue weighted by atomic mass is 35.5. The third-order valence-corrected chi connectivity index (χ3v) is 7.03. The maximum absolute atomic E-state index is 12.8. The topological polar surface area (TPSA) is 105 Å². The lowest BCUT2D eigenvalue weighted by atomic mass is 9.85. The van der Waals surface area contributed by atoms with Crippen molar-refractivity contribution in [3.8, 4) is 0 Å². The van der Waals surface area contributed by atoms with E-state index in [1.807, 2.05) is 11.0 Å². The molecule has 3 heterocycles. The van der Waals surface area contributed by atoms with Crippen LogP contribution in [0.4, 0.5) is 17.5 Å². The molecule has 2 aliphatic rings. The molecule has 1 aromatic carbocycles. The lowest BCUT2D eigenvalue weighted by molar-refractivity contribution is -0.140. The van der Waals surface area contributed by atoms with Gasteiger partial charge >= 0.3 is 0 Å². The Balaban J connectivity index is 1.25. The van der Waals surface area contributed by atoms with Crippen molar-refractivity contribution in [2.75, 3.05) is 36.9 Å². The van der Waals surface area contributed by atoms with Crippen LogP contribution in [0, 0.1) is 5.92 Å². The number of hydrogen-bond donors (Lipinski definition) is 2. The monoisotopic (exact) mass is 501 g/mol. The number of nitrogens with zero attached hydrogens (tertiary/aromatic N) is 5. The first-order valence-corrected chi connectivity index (χ1v) is 12.2. The van der Waals surface area contributed by atoms with Gasteiger partial charge in [-0.25, -0.2) is 19.9 Å². The van der Waals surface area contributed by atoms with E-state index < -0.39 is 0 Å². The molecule has 34 heavy (non-hydrogen) atoms. The van der Waals surface area contributed by atoms with Gasteiger partial charge in [-0.15, -0.1) is 0 Å². The number of morpholine rings is 1. The third-order valence-electron chi connectivity index (χ3n) is 6.29. The highest BCUT2D eigenvalue weighted by Crippen LogP contribution is 2.30. The van der Waals surface area contributed by atoms with Gasteiger partial charge in [-0.2, -0.15) is 0 Å². The predicted molar refractivity (Wildman–Crippen MR) is 132 cm³/mol. The van der Waals surface area contributed by atoms with Crippen molar-refractivity contribution >= 4 is 57.6 Å². The van der Waals surface area contributed by atoms with Gasteiger partial charge in [-0.05, 0) is 43.9 Å². The smallest absolute Gasteiger partial charge is 0.225 e. The summed E-state index contributed by atoms with van der Waals surface area (Å²) in [5.74, 6) is 1.42. The van der Waals surface area contributed by atoms with E-state index in [1.54, 1.807) is 18.3 Å². The molecule has 1 saturated heterocycles. The minimum Gasteiger partial charge on any atom is -0.378 e. The summed E-state index contributed by atoms with van der Waals surface area (Å²) in [4.78, 5) is 32.5. The minimum atomic E-state index is 0.0871. The molecule has 0 radical (unpaired) electrons. The van der Waals surface area contributed by atoms with Gasteiger partial charge in [-0.1, -0.05) is 23.2 Å². The Hall–Kier alpha value is -2.75. The average molecular weight is 502 g/mol. The molecule has 9 nitrogen and oxygen atoms in total. The zero-order valence-electron chi connectivity index (χ0n) is 18.5. The molecule has 1 aliphatic carbocycles. The summed E-state index contributed by atoms with van der Waals surface area (Å²) in [6.07, 6.45) is 6.64. The van der Waals surface area contributed by atoms with Gasteiger partial charge in [0.1, 0.15) is 17.4 Å². The predicted octanol–water partition coefficient (Wildman–Crippen LogP) is 4.30. The summed E-state index contributed by atoms with van der Waals surface area (Å²) in [6.45, 7) is 2.66. The van der Waals surface area contributed by atoms with E-state index in [1.165, 1.54) is 6.33 Å². The van der Waals surface area contributed by atoms with E-state index in [9.17, 15) is 4.79 Å². The number of anilines is 3.